The van der Waals surface area contributed by atoms with Crippen LogP contribution in [0.3, 0.4) is 0 Å². The number of halogens is 1. The van der Waals surface area contributed by atoms with Gasteiger partial charge < -0.3 is 5.11 Å². The van der Waals surface area contributed by atoms with Gasteiger partial charge in [0, 0.05) is 43.8 Å². The Morgan fingerprint density at radius 1 is 1.40 bits per heavy atom. The fourth-order valence-corrected chi connectivity index (χ4v) is 2.20. The maximum absolute atomic E-state index is 9.20. The average Bonchev–Trinajstić information content (AvgIpc) is 2.21. The minimum atomic E-state index is 0.263. The van der Waals surface area contributed by atoms with Gasteiger partial charge in [-0.15, -0.1) is 0 Å². The van der Waals surface area contributed by atoms with Crippen molar-refractivity contribution in [2.45, 2.75) is 19.4 Å². The number of piperazine rings is 1. The lowest BCUT2D eigenvalue weighted by Gasteiger charge is -2.38. The molecule has 1 atom stereocenters. The highest BCUT2D eigenvalue weighted by Crippen LogP contribution is 2.10. The quantitative estimate of drug-likeness (QED) is 0.770. The van der Waals surface area contributed by atoms with Gasteiger partial charge in [0.25, 0.3) is 0 Å². The first-order valence-electron chi connectivity index (χ1n) is 5.58. The van der Waals surface area contributed by atoms with Crippen molar-refractivity contribution in [3.8, 4) is 0 Å². The molecule has 0 aliphatic carbocycles. The Hall–Kier alpha value is -0.0900. The number of rotatable bonds is 5. The Morgan fingerprint density at radius 3 is 2.40 bits per heavy atom. The van der Waals surface area contributed by atoms with Crippen LogP contribution in [-0.2, 0) is 0 Å². The Morgan fingerprint density at radius 2 is 2.00 bits per heavy atom. The van der Waals surface area contributed by atoms with Crippen molar-refractivity contribution in [1.29, 1.82) is 0 Å². The zero-order chi connectivity index (χ0) is 11.3. The first kappa shape index (κ1) is 13.0. The first-order valence-corrected chi connectivity index (χ1v) is 5.95. The predicted octanol–water partition coefficient (Wildman–Crippen LogP) is 1.13. The molecule has 0 aromatic heterocycles. The van der Waals surface area contributed by atoms with Gasteiger partial charge in [-0.3, -0.25) is 9.80 Å². The van der Waals surface area contributed by atoms with E-state index in [1.807, 2.05) is 0 Å². The average molecular weight is 233 g/mol. The van der Waals surface area contributed by atoms with E-state index in [0.29, 0.717) is 11.1 Å². The summed E-state index contributed by atoms with van der Waals surface area (Å²) in [6, 6.07) is 0.325. The molecule has 1 fully saturated rings. The van der Waals surface area contributed by atoms with Crippen molar-refractivity contribution in [2.75, 3.05) is 39.3 Å². The SMILES string of the molecule is C=C(Cl)CN1CCN(C(CC)CO)CC1. The Bertz CT molecular complexity index is 199. The van der Waals surface area contributed by atoms with E-state index in [4.69, 9.17) is 11.6 Å². The van der Waals surface area contributed by atoms with Gasteiger partial charge in [-0.1, -0.05) is 25.1 Å². The molecule has 1 aliphatic rings. The van der Waals surface area contributed by atoms with Gasteiger partial charge in [-0.25, -0.2) is 0 Å². The van der Waals surface area contributed by atoms with E-state index in [2.05, 4.69) is 23.3 Å². The summed E-state index contributed by atoms with van der Waals surface area (Å²) < 4.78 is 0. The van der Waals surface area contributed by atoms with Gasteiger partial charge >= 0.3 is 0 Å². The van der Waals surface area contributed by atoms with Crippen molar-refractivity contribution in [1.82, 2.24) is 9.80 Å². The van der Waals surface area contributed by atoms with Crippen LogP contribution in [0, 0.1) is 0 Å². The highest BCUT2D eigenvalue weighted by Gasteiger charge is 2.21. The fraction of sp³-hybridized carbons (Fsp3) is 0.818. The summed E-state index contributed by atoms with van der Waals surface area (Å²) in [6.45, 7) is 10.9. The van der Waals surface area contributed by atoms with E-state index in [9.17, 15) is 5.11 Å². The molecule has 88 valence electrons. The monoisotopic (exact) mass is 232 g/mol. The molecule has 1 heterocycles. The van der Waals surface area contributed by atoms with Gasteiger partial charge in [-0.2, -0.15) is 0 Å². The van der Waals surface area contributed by atoms with Crippen molar-refractivity contribution in [2.24, 2.45) is 0 Å². The van der Waals surface area contributed by atoms with E-state index in [1.165, 1.54) is 0 Å². The molecule has 1 saturated heterocycles. The molecule has 1 unspecified atom stereocenters. The normalized spacial score (nSPS) is 21.5. The van der Waals surface area contributed by atoms with Crippen LogP contribution in [0.2, 0.25) is 0 Å². The Balaban J connectivity index is 2.31. The van der Waals surface area contributed by atoms with E-state index < -0.39 is 0 Å². The van der Waals surface area contributed by atoms with Crippen LogP contribution < -0.4 is 0 Å². The summed E-state index contributed by atoms with van der Waals surface area (Å²) in [5.41, 5.74) is 0. The second-order valence-corrected chi connectivity index (χ2v) is 4.61. The van der Waals surface area contributed by atoms with Crippen LogP contribution in [0.25, 0.3) is 0 Å². The molecule has 1 aliphatic heterocycles. The van der Waals surface area contributed by atoms with Crippen LogP contribution in [0.4, 0.5) is 0 Å². The van der Waals surface area contributed by atoms with Gasteiger partial charge in [0.15, 0.2) is 0 Å². The molecule has 1 rings (SSSR count). The number of aliphatic hydroxyl groups is 1. The standard InChI is InChI=1S/C11H21ClN2O/c1-3-11(9-15)14-6-4-13(5-7-14)8-10(2)12/h11,15H,2-9H2,1H3. The van der Waals surface area contributed by atoms with Crippen LogP contribution in [-0.4, -0.2) is 60.3 Å². The maximum Gasteiger partial charge on any atom is 0.0586 e. The summed E-state index contributed by atoms with van der Waals surface area (Å²) in [5, 5.41) is 9.91. The second-order valence-electron chi connectivity index (χ2n) is 4.07. The lowest BCUT2D eigenvalue weighted by Crippen LogP contribution is -2.51. The largest absolute Gasteiger partial charge is 0.395 e. The highest BCUT2D eigenvalue weighted by atomic mass is 35.5. The molecule has 0 saturated carbocycles. The smallest absolute Gasteiger partial charge is 0.0586 e. The summed E-state index contributed by atoms with van der Waals surface area (Å²) in [5.74, 6) is 0. The van der Waals surface area contributed by atoms with Crippen molar-refractivity contribution < 1.29 is 5.11 Å². The lowest BCUT2D eigenvalue weighted by molar-refractivity contribution is 0.0677. The summed E-state index contributed by atoms with van der Waals surface area (Å²) in [7, 11) is 0. The Labute approximate surface area is 97.3 Å². The molecule has 15 heavy (non-hydrogen) atoms. The van der Waals surface area contributed by atoms with Crippen LogP contribution in [0.1, 0.15) is 13.3 Å². The van der Waals surface area contributed by atoms with Gasteiger partial charge in [-0.05, 0) is 6.42 Å². The third-order valence-electron chi connectivity index (χ3n) is 3.00. The molecule has 0 radical (unpaired) electrons. The van der Waals surface area contributed by atoms with Gasteiger partial charge in [0.1, 0.15) is 0 Å². The molecule has 0 amide bonds. The molecular formula is C11H21ClN2O. The molecule has 0 aromatic carbocycles. The molecule has 4 heteroatoms. The molecule has 1 N–H and O–H groups in total. The topological polar surface area (TPSA) is 26.7 Å². The molecule has 0 spiro atoms. The van der Waals surface area contributed by atoms with Crippen molar-refractivity contribution in [3.63, 3.8) is 0 Å². The van der Waals surface area contributed by atoms with Crippen molar-refractivity contribution >= 4 is 11.6 Å². The third-order valence-corrected chi connectivity index (χ3v) is 3.12. The minimum absolute atomic E-state index is 0.263. The molecule has 0 bridgehead atoms. The number of hydrogen-bond donors (Lipinski definition) is 1. The predicted molar refractivity (Wildman–Crippen MR) is 64.2 cm³/mol. The lowest BCUT2D eigenvalue weighted by atomic mass is 10.1. The molecule has 0 aromatic rings. The molecule has 3 nitrogen and oxygen atoms in total. The van der Waals surface area contributed by atoms with Crippen LogP contribution in [0.5, 0.6) is 0 Å². The fourth-order valence-electron chi connectivity index (χ4n) is 2.03. The minimum Gasteiger partial charge on any atom is -0.395 e. The number of aliphatic hydroxyl groups excluding tert-OH is 1. The first-order chi connectivity index (χ1) is 7.17. The second kappa shape index (κ2) is 6.48. The maximum atomic E-state index is 9.20. The van der Waals surface area contributed by atoms with E-state index >= 15 is 0 Å². The zero-order valence-electron chi connectivity index (χ0n) is 9.45. The van der Waals surface area contributed by atoms with Crippen molar-refractivity contribution in [3.05, 3.63) is 11.6 Å². The van der Waals surface area contributed by atoms with Crippen LogP contribution in [0.15, 0.2) is 11.6 Å². The highest BCUT2D eigenvalue weighted by molar-refractivity contribution is 6.29. The zero-order valence-corrected chi connectivity index (χ0v) is 10.2. The van der Waals surface area contributed by atoms with Gasteiger partial charge in [0.05, 0.1) is 6.61 Å². The van der Waals surface area contributed by atoms with Gasteiger partial charge in [0.2, 0.25) is 0 Å². The van der Waals surface area contributed by atoms with E-state index in [0.717, 1.165) is 39.1 Å². The summed E-state index contributed by atoms with van der Waals surface area (Å²) >= 11 is 5.77. The number of nitrogens with zero attached hydrogens (tertiary/aromatic N) is 2. The summed E-state index contributed by atoms with van der Waals surface area (Å²) in [6.07, 6.45) is 1.01. The number of hydrogen-bond acceptors (Lipinski definition) is 3. The third kappa shape index (κ3) is 4.11. The summed E-state index contributed by atoms with van der Waals surface area (Å²) in [4.78, 5) is 4.66. The van der Waals surface area contributed by atoms with Crippen LogP contribution >= 0.6 is 11.6 Å². The Kier molecular flexibility index (Phi) is 5.61. The van der Waals surface area contributed by atoms with E-state index in [1.54, 1.807) is 0 Å². The molecular weight excluding hydrogens is 212 g/mol. The van der Waals surface area contributed by atoms with E-state index in [-0.39, 0.29) is 6.61 Å².